The highest BCUT2D eigenvalue weighted by molar-refractivity contribution is 5.95. The number of rotatable bonds is 11. The maximum Gasteiger partial charge on any atom is 0.256 e. The Balaban J connectivity index is 0.00000481. The summed E-state index contributed by atoms with van der Waals surface area (Å²) in [5, 5.41) is 6.37. The van der Waals surface area contributed by atoms with Crippen molar-refractivity contribution in [1.82, 2.24) is 15.3 Å². The first-order valence-electron chi connectivity index (χ1n) is 12.5. The van der Waals surface area contributed by atoms with Crippen LogP contribution in [-0.2, 0) is 22.7 Å². The number of anilines is 1. The maximum atomic E-state index is 13.6. The number of amides is 2. The van der Waals surface area contributed by atoms with Crippen molar-refractivity contribution in [3.05, 3.63) is 64.5 Å². The van der Waals surface area contributed by atoms with Crippen LogP contribution in [0.3, 0.4) is 0 Å². The highest BCUT2D eigenvalue weighted by atomic mass is 19.1. The number of carbonyl (C=O) groups is 3. The van der Waals surface area contributed by atoms with E-state index in [0.717, 1.165) is 35.2 Å². The molecule has 1 aliphatic heterocycles. The molecule has 8 heteroatoms. The molecule has 0 radical (unpaired) electrons. The number of ketones is 1. The highest BCUT2D eigenvalue weighted by Crippen LogP contribution is 2.26. The molecule has 0 aromatic heterocycles. The van der Waals surface area contributed by atoms with Crippen molar-refractivity contribution in [2.75, 3.05) is 31.6 Å². The molecular weight excluding hydrogens is 471 g/mol. The Bertz CT molecular complexity index is 1120. The summed E-state index contributed by atoms with van der Waals surface area (Å²) in [4.78, 5) is 39.6. The van der Waals surface area contributed by atoms with Gasteiger partial charge in [0.2, 0.25) is 5.91 Å². The molecule has 0 fully saturated rings. The summed E-state index contributed by atoms with van der Waals surface area (Å²) >= 11 is 0. The number of hydrogen-bond acceptors (Lipinski definition) is 5. The molecular formula is C29H41FN4O3. The third kappa shape index (κ3) is 8.12. The van der Waals surface area contributed by atoms with E-state index in [1.807, 2.05) is 11.9 Å². The molecule has 202 valence electrons. The van der Waals surface area contributed by atoms with Crippen molar-refractivity contribution in [3.63, 3.8) is 0 Å². The number of carbonyl (C=O) groups excluding carboxylic acids is 3. The van der Waals surface area contributed by atoms with Gasteiger partial charge in [0.1, 0.15) is 5.82 Å². The van der Waals surface area contributed by atoms with Crippen LogP contribution in [0.4, 0.5) is 10.1 Å². The van der Waals surface area contributed by atoms with Crippen molar-refractivity contribution in [3.8, 4) is 0 Å². The fraction of sp³-hybridized carbons (Fsp3) is 0.483. The van der Waals surface area contributed by atoms with E-state index in [9.17, 15) is 18.8 Å². The van der Waals surface area contributed by atoms with E-state index >= 15 is 0 Å². The quantitative estimate of drug-likeness (QED) is 0.348. The van der Waals surface area contributed by atoms with E-state index in [1.165, 1.54) is 19.1 Å². The van der Waals surface area contributed by atoms with E-state index in [4.69, 9.17) is 0 Å². The number of fused-ring (bicyclic) bond motifs is 1. The summed E-state index contributed by atoms with van der Waals surface area (Å²) in [5.41, 5.74) is 3.98. The van der Waals surface area contributed by atoms with E-state index in [-0.39, 0.29) is 43.9 Å². The molecule has 2 aromatic rings. The molecule has 0 spiro atoms. The van der Waals surface area contributed by atoms with Gasteiger partial charge in [0.25, 0.3) is 5.91 Å². The molecule has 3 rings (SSSR count). The zero-order valence-electron chi connectivity index (χ0n) is 21.9. The van der Waals surface area contributed by atoms with Crippen LogP contribution in [0.5, 0.6) is 0 Å². The number of likely N-dealkylation sites (N-methyl/N-ethyl adjacent to an activating group) is 1. The van der Waals surface area contributed by atoms with Crippen molar-refractivity contribution in [2.24, 2.45) is 5.92 Å². The average Bonchev–Trinajstić information content (AvgIpc) is 3.23. The first-order chi connectivity index (χ1) is 17.0. The number of Topliss-reactive ketones (excluding diaryl/α,β-unsaturated/α-hetero) is 1. The third-order valence-electron chi connectivity index (χ3n) is 6.54. The van der Waals surface area contributed by atoms with Crippen LogP contribution in [0, 0.1) is 18.7 Å². The summed E-state index contributed by atoms with van der Waals surface area (Å²) in [6.07, 6.45) is 1.93. The molecule has 0 aliphatic carbocycles. The van der Waals surface area contributed by atoms with Gasteiger partial charge in [-0.25, -0.2) is 9.40 Å². The lowest BCUT2D eigenvalue weighted by atomic mass is 10.1. The minimum Gasteiger partial charge on any atom is -0.355 e. The molecule has 0 unspecified atom stereocenters. The number of halogens is 1. The van der Waals surface area contributed by atoms with E-state index in [2.05, 4.69) is 19.2 Å². The summed E-state index contributed by atoms with van der Waals surface area (Å²) in [6.45, 7) is 9.22. The summed E-state index contributed by atoms with van der Waals surface area (Å²) in [5.74, 6) is -0.110. The van der Waals surface area contributed by atoms with Gasteiger partial charge in [0.15, 0.2) is 5.78 Å². The standard InChI is InChI=1S/C28H37FN4O3.CH4/c1-19(2)7-6-12-30-27(35)17-32(26-11-9-22(21(4)34)13-20(26)3)18-28(36)31(5)33-15-23-8-10-25(29)14-24(23)16-33;/h8-11,13-14,19H,6-7,12,15-18H2,1-5H3,(H,30,35);1H4. The lowest BCUT2D eigenvalue weighted by Gasteiger charge is -2.32. The van der Waals surface area contributed by atoms with Crippen molar-refractivity contribution < 1.29 is 18.8 Å². The summed E-state index contributed by atoms with van der Waals surface area (Å²) in [7, 11) is 1.69. The molecule has 1 aliphatic rings. The molecule has 0 saturated heterocycles. The number of hydrazine groups is 1. The molecule has 0 atom stereocenters. The Morgan fingerprint density at radius 3 is 2.41 bits per heavy atom. The Kier molecular flexibility index (Phi) is 10.8. The second-order valence-corrected chi connectivity index (χ2v) is 9.95. The molecule has 1 N–H and O–H groups in total. The van der Waals surface area contributed by atoms with Gasteiger partial charge in [-0.05, 0) is 79.6 Å². The number of nitrogens with zero attached hydrogens (tertiary/aromatic N) is 3. The molecule has 7 nitrogen and oxygen atoms in total. The fourth-order valence-electron chi connectivity index (χ4n) is 4.40. The van der Waals surface area contributed by atoms with Gasteiger partial charge in [0.05, 0.1) is 13.1 Å². The third-order valence-corrected chi connectivity index (χ3v) is 6.54. The minimum absolute atomic E-state index is 0. The van der Waals surface area contributed by atoms with Crippen LogP contribution >= 0.6 is 0 Å². The van der Waals surface area contributed by atoms with Gasteiger partial charge in [-0.2, -0.15) is 0 Å². The first-order valence-corrected chi connectivity index (χ1v) is 12.5. The van der Waals surface area contributed by atoms with Crippen molar-refractivity contribution in [2.45, 2.75) is 61.1 Å². The summed E-state index contributed by atoms with van der Waals surface area (Å²) < 4.78 is 13.6. The Morgan fingerprint density at radius 2 is 1.76 bits per heavy atom. The van der Waals surface area contributed by atoms with E-state index in [0.29, 0.717) is 31.1 Å². The van der Waals surface area contributed by atoms with Gasteiger partial charge in [-0.1, -0.05) is 27.3 Å². The van der Waals surface area contributed by atoms with Crippen LogP contribution in [0.25, 0.3) is 0 Å². The molecule has 2 aromatic carbocycles. The average molecular weight is 513 g/mol. The predicted molar refractivity (Wildman–Crippen MR) is 146 cm³/mol. The van der Waals surface area contributed by atoms with Crippen LogP contribution < -0.4 is 10.2 Å². The Labute approximate surface area is 220 Å². The van der Waals surface area contributed by atoms with Crippen molar-refractivity contribution >= 4 is 23.3 Å². The van der Waals surface area contributed by atoms with E-state index < -0.39 is 0 Å². The largest absolute Gasteiger partial charge is 0.355 e. The second kappa shape index (κ2) is 13.3. The topological polar surface area (TPSA) is 73.0 Å². The Hall–Kier alpha value is -3.26. The Morgan fingerprint density at radius 1 is 1.05 bits per heavy atom. The molecule has 0 bridgehead atoms. The second-order valence-electron chi connectivity index (χ2n) is 9.95. The van der Waals surface area contributed by atoms with Crippen LogP contribution in [-0.4, -0.2) is 54.3 Å². The summed E-state index contributed by atoms with van der Waals surface area (Å²) in [6, 6.07) is 9.98. The smallest absolute Gasteiger partial charge is 0.256 e. The monoisotopic (exact) mass is 512 g/mol. The normalized spacial score (nSPS) is 12.6. The van der Waals surface area contributed by atoms with E-state index in [1.54, 1.807) is 41.2 Å². The van der Waals surface area contributed by atoms with Gasteiger partial charge < -0.3 is 10.2 Å². The molecule has 37 heavy (non-hydrogen) atoms. The highest BCUT2D eigenvalue weighted by Gasteiger charge is 2.27. The van der Waals surface area contributed by atoms with Crippen molar-refractivity contribution in [1.29, 1.82) is 0 Å². The number of nitrogens with one attached hydrogen (secondary N) is 1. The zero-order chi connectivity index (χ0) is 26.4. The number of benzene rings is 2. The molecule has 0 saturated carbocycles. The molecule has 2 amide bonds. The SMILES string of the molecule is C.CC(=O)c1ccc(N(CC(=O)NCCCC(C)C)CC(=O)N(C)N2Cc3ccc(F)cc3C2)c(C)c1. The lowest BCUT2D eigenvalue weighted by molar-refractivity contribution is -0.145. The lowest BCUT2D eigenvalue weighted by Crippen LogP contribution is -2.48. The van der Waals surface area contributed by atoms with Crippen LogP contribution in [0.15, 0.2) is 36.4 Å². The van der Waals surface area contributed by atoms with Crippen LogP contribution in [0.2, 0.25) is 0 Å². The van der Waals surface area contributed by atoms with Gasteiger partial charge in [-0.15, -0.1) is 0 Å². The van der Waals surface area contributed by atoms with Crippen LogP contribution in [0.1, 0.15) is 68.1 Å². The zero-order valence-corrected chi connectivity index (χ0v) is 21.9. The van der Waals surface area contributed by atoms with Gasteiger partial charge in [-0.3, -0.25) is 19.4 Å². The predicted octanol–water partition coefficient (Wildman–Crippen LogP) is 4.72. The first kappa shape index (κ1) is 30.0. The maximum absolute atomic E-state index is 13.6. The molecule has 1 heterocycles. The fourth-order valence-corrected chi connectivity index (χ4v) is 4.40. The number of aryl methyl sites for hydroxylation is 1. The minimum atomic E-state index is -0.292. The van der Waals surface area contributed by atoms with Gasteiger partial charge in [0, 0.05) is 37.9 Å². The number of hydrogen-bond donors (Lipinski definition) is 1. The van der Waals surface area contributed by atoms with Gasteiger partial charge >= 0.3 is 0 Å².